The minimum absolute atomic E-state index is 0.0174. The zero-order valence-electron chi connectivity index (χ0n) is 10.3. The molecule has 0 saturated carbocycles. The highest BCUT2D eigenvalue weighted by molar-refractivity contribution is 5.90. The molecule has 2 aliphatic heterocycles. The van der Waals surface area contributed by atoms with Crippen molar-refractivity contribution in [2.24, 2.45) is 0 Å². The van der Waals surface area contributed by atoms with E-state index in [-0.39, 0.29) is 25.0 Å². The van der Waals surface area contributed by atoms with E-state index in [4.69, 9.17) is 4.52 Å². The summed E-state index contributed by atoms with van der Waals surface area (Å²) < 4.78 is 5.09. The van der Waals surface area contributed by atoms with Crippen molar-refractivity contribution in [2.75, 3.05) is 19.6 Å². The fraction of sp³-hybridized carbons (Fsp3) is 0.727. The Morgan fingerprint density at radius 2 is 2.11 bits per heavy atom. The first-order chi connectivity index (χ1) is 9.15. The Kier molecular flexibility index (Phi) is 3.21. The molecular weight excluding hydrogens is 252 g/mol. The zero-order chi connectivity index (χ0) is 13.4. The van der Waals surface area contributed by atoms with Crippen LogP contribution < -0.4 is 5.32 Å². The van der Waals surface area contributed by atoms with Crippen LogP contribution in [0.15, 0.2) is 4.52 Å². The third-order valence-corrected chi connectivity index (χ3v) is 3.54. The van der Waals surface area contributed by atoms with Gasteiger partial charge in [-0.05, 0) is 19.4 Å². The Balaban J connectivity index is 1.70. The van der Waals surface area contributed by atoms with Gasteiger partial charge in [0.1, 0.15) is 0 Å². The van der Waals surface area contributed by atoms with Crippen LogP contribution in [-0.4, -0.2) is 63.0 Å². The molecule has 3 N–H and O–H groups in total. The van der Waals surface area contributed by atoms with Gasteiger partial charge in [0.05, 0.1) is 18.2 Å². The molecule has 0 radical (unpaired) electrons. The maximum Gasteiger partial charge on any atom is 0.295 e. The van der Waals surface area contributed by atoms with Crippen molar-refractivity contribution >= 4 is 5.91 Å². The van der Waals surface area contributed by atoms with E-state index in [0.29, 0.717) is 5.89 Å². The molecule has 1 amide bonds. The maximum absolute atomic E-state index is 12.1. The summed E-state index contributed by atoms with van der Waals surface area (Å²) in [6.07, 6.45) is 0.135. The third kappa shape index (κ3) is 2.34. The van der Waals surface area contributed by atoms with Gasteiger partial charge in [0, 0.05) is 13.1 Å². The van der Waals surface area contributed by atoms with E-state index in [2.05, 4.69) is 15.5 Å². The Hall–Kier alpha value is -1.51. The minimum atomic E-state index is -0.910. The number of hydrogen-bond acceptors (Lipinski definition) is 7. The Labute approximate surface area is 109 Å². The lowest BCUT2D eigenvalue weighted by Crippen LogP contribution is -2.30. The first kappa shape index (κ1) is 12.5. The van der Waals surface area contributed by atoms with Crippen LogP contribution in [0.2, 0.25) is 0 Å². The van der Waals surface area contributed by atoms with Crippen LogP contribution in [-0.2, 0) is 0 Å². The number of likely N-dealkylation sites (tertiary alicyclic amines) is 1. The number of aliphatic hydroxyl groups excluding tert-OH is 2. The van der Waals surface area contributed by atoms with Gasteiger partial charge >= 0.3 is 0 Å². The molecule has 0 aliphatic carbocycles. The van der Waals surface area contributed by atoms with Gasteiger partial charge in [-0.3, -0.25) is 4.79 Å². The Bertz CT molecular complexity index is 461. The molecule has 2 aliphatic rings. The molecule has 0 aromatic carbocycles. The van der Waals surface area contributed by atoms with Gasteiger partial charge in [0.25, 0.3) is 11.7 Å². The summed E-state index contributed by atoms with van der Waals surface area (Å²) in [5.74, 6) is -0.0326. The van der Waals surface area contributed by atoms with Crippen LogP contribution in [0.1, 0.15) is 35.4 Å². The molecule has 2 fully saturated rings. The molecule has 19 heavy (non-hydrogen) atoms. The Morgan fingerprint density at radius 1 is 1.37 bits per heavy atom. The topological polar surface area (TPSA) is 112 Å². The SMILES string of the molecule is O=C(c1noc(C2CCCN2)n1)N1CC(O)C(O)C1. The van der Waals surface area contributed by atoms with E-state index in [1.165, 1.54) is 4.90 Å². The van der Waals surface area contributed by atoms with E-state index in [0.717, 1.165) is 19.4 Å². The van der Waals surface area contributed by atoms with Crippen LogP contribution in [0.3, 0.4) is 0 Å². The lowest BCUT2D eigenvalue weighted by molar-refractivity contribution is 0.0572. The van der Waals surface area contributed by atoms with E-state index >= 15 is 0 Å². The van der Waals surface area contributed by atoms with Gasteiger partial charge < -0.3 is 25.0 Å². The number of rotatable bonds is 2. The lowest BCUT2D eigenvalue weighted by Gasteiger charge is -2.11. The van der Waals surface area contributed by atoms with Crippen molar-refractivity contribution in [3.8, 4) is 0 Å². The quantitative estimate of drug-likeness (QED) is 0.609. The number of carbonyl (C=O) groups excluding carboxylic acids is 1. The number of aliphatic hydroxyl groups is 2. The second-order valence-electron chi connectivity index (χ2n) is 4.95. The normalized spacial score (nSPS) is 31.1. The predicted molar refractivity (Wildman–Crippen MR) is 62.2 cm³/mol. The summed E-state index contributed by atoms with van der Waals surface area (Å²) in [4.78, 5) is 17.5. The van der Waals surface area contributed by atoms with Crippen LogP contribution in [0, 0.1) is 0 Å². The molecule has 3 atom stereocenters. The van der Waals surface area contributed by atoms with E-state index in [9.17, 15) is 15.0 Å². The van der Waals surface area contributed by atoms with Gasteiger partial charge in [0.2, 0.25) is 5.89 Å². The molecule has 8 heteroatoms. The summed E-state index contributed by atoms with van der Waals surface area (Å²) in [6.45, 7) is 1.08. The molecule has 104 valence electrons. The zero-order valence-corrected chi connectivity index (χ0v) is 10.3. The summed E-state index contributed by atoms with van der Waals surface area (Å²) in [5, 5.41) is 25.7. The molecule has 0 bridgehead atoms. The van der Waals surface area contributed by atoms with E-state index < -0.39 is 18.1 Å². The van der Waals surface area contributed by atoms with E-state index in [1.807, 2.05) is 0 Å². The first-order valence-electron chi connectivity index (χ1n) is 6.37. The van der Waals surface area contributed by atoms with Crippen molar-refractivity contribution in [1.29, 1.82) is 0 Å². The first-order valence-corrected chi connectivity index (χ1v) is 6.37. The highest BCUT2D eigenvalue weighted by Crippen LogP contribution is 2.21. The average Bonchev–Trinajstić information content (AvgIpc) is 3.09. The van der Waals surface area contributed by atoms with Crippen molar-refractivity contribution in [3.63, 3.8) is 0 Å². The predicted octanol–water partition coefficient (Wildman–Crippen LogP) is -1.33. The smallest absolute Gasteiger partial charge is 0.295 e. The second-order valence-corrected chi connectivity index (χ2v) is 4.95. The molecule has 0 spiro atoms. The monoisotopic (exact) mass is 268 g/mol. The minimum Gasteiger partial charge on any atom is -0.388 e. The molecule has 3 rings (SSSR count). The number of aromatic nitrogens is 2. The summed E-state index contributed by atoms with van der Waals surface area (Å²) in [5.41, 5.74) is 0. The van der Waals surface area contributed by atoms with Gasteiger partial charge in [-0.25, -0.2) is 0 Å². The van der Waals surface area contributed by atoms with Crippen molar-refractivity contribution in [3.05, 3.63) is 11.7 Å². The fourth-order valence-electron chi connectivity index (χ4n) is 2.44. The van der Waals surface area contributed by atoms with Gasteiger partial charge in [0.15, 0.2) is 0 Å². The third-order valence-electron chi connectivity index (χ3n) is 3.54. The highest BCUT2D eigenvalue weighted by atomic mass is 16.5. The highest BCUT2D eigenvalue weighted by Gasteiger charge is 2.35. The largest absolute Gasteiger partial charge is 0.388 e. The maximum atomic E-state index is 12.1. The van der Waals surface area contributed by atoms with Gasteiger partial charge in [-0.15, -0.1) is 0 Å². The average molecular weight is 268 g/mol. The number of nitrogens with one attached hydrogen (secondary N) is 1. The van der Waals surface area contributed by atoms with E-state index in [1.54, 1.807) is 0 Å². The Morgan fingerprint density at radius 3 is 2.74 bits per heavy atom. The summed E-state index contributed by atoms with van der Waals surface area (Å²) in [7, 11) is 0. The second kappa shape index (κ2) is 4.87. The van der Waals surface area contributed by atoms with Crippen LogP contribution in [0.4, 0.5) is 0 Å². The molecule has 8 nitrogen and oxygen atoms in total. The summed E-state index contributed by atoms with van der Waals surface area (Å²) >= 11 is 0. The molecule has 3 heterocycles. The van der Waals surface area contributed by atoms with Crippen LogP contribution in [0.5, 0.6) is 0 Å². The molecule has 2 saturated heterocycles. The molecule has 1 aromatic rings. The number of amides is 1. The van der Waals surface area contributed by atoms with Crippen LogP contribution >= 0.6 is 0 Å². The van der Waals surface area contributed by atoms with Crippen molar-refractivity contribution < 1.29 is 19.5 Å². The fourth-order valence-corrected chi connectivity index (χ4v) is 2.44. The summed E-state index contributed by atoms with van der Waals surface area (Å²) in [6, 6.07) is 0.0174. The molecule has 1 aromatic heterocycles. The van der Waals surface area contributed by atoms with Gasteiger partial charge in [-0.1, -0.05) is 5.16 Å². The van der Waals surface area contributed by atoms with Crippen molar-refractivity contribution in [2.45, 2.75) is 31.1 Å². The molecular formula is C11H16N4O4. The number of hydrogen-bond donors (Lipinski definition) is 3. The molecule has 3 unspecified atom stereocenters. The van der Waals surface area contributed by atoms with Crippen LogP contribution in [0.25, 0.3) is 0 Å². The number of β-amino-alcohol motifs (C(OH)–C–C–N with tert-alkyl or cyclic N) is 2. The van der Waals surface area contributed by atoms with Crippen molar-refractivity contribution in [1.82, 2.24) is 20.4 Å². The number of nitrogens with zero attached hydrogens (tertiary/aromatic N) is 3. The van der Waals surface area contributed by atoms with Gasteiger partial charge in [-0.2, -0.15) is 4.98 Å². The lowest BCUT2D eigenvalue weighted by atomic mass is 10.2. The number of carbonyl (C=O) groups is 1. The standard InChI is InChI=1S/C11H16N4O4/c16-7-4-15(5-8(7)17)11(18)9-13-10(19-14-9)6-2-1-3-12-6/h6-8,12,16-17H,1-5H2.